The van der Waals surface area contributed by atoms with Gasteiger partial charge in [-0.15, -0.1) is 0 Å². The van der Waals surface area contributed by atoms with Gasteiger partial charge in [0.2, 0.25) is 5.91 Å². The molecule has 1 atom stereocenters. The molecule has 1 aromatic rings. The molecule has 92 valence electrons. The summed E-state index contributed by atoms with van der Waals surface area (Å²) in [7, 11) is 0. The number of nitrogens with one attached hydrogen (secondary N) is 2. The van der Waals surface area contributed by atoms with Crippen molar-refractivity contribution in [2.75, 3.05) is 17.2 Å². The molecule has 3 nitrogen and oxygen atoms in total. The molecule has 2 rings (SSSR count). The molecule has 1 unspecified atom stereocenters. The van der Waals surface area contributed by atoms with Crippen molar-refractivity contribution < 1.29 is 4.79 Å². The first kappa shape index (κ1) is 12.4. The smallest absolute Gasteiger partial charge is 0.229 e. The lowest BCUT2D eigenvalue weighted by Gasteiger charge is -2.15. The Kier molecular flexibility index (Phi) is 3.72. The van der Waals surface area contributed by atoms with Gasteiger partial charge < -0.3 is 10.6 Å². The molecule has 0 aromatic heterocycles. The van der Waals surface area contributed by atoms with Crippen LogP contribution in [0.5, 0.6) is 0 Å². The van der Waals surface area contributed by atoms with Gasteiger partial charge in [-0.2, -0.15) is 0 Å². The molecule has 0 fully saturated rings. The highest BCUT2D eigenvalue weighted by atomic mass is 79.9. The number of carbonyl (C=O) groups is 1. The van der Waals surface area contributed by atoms with E-state index in [1.807, 2.05) is 18.2 Å². The molecule has 2 N–H and O–H groups in total. The van der Waals surface area contributed by atoms with E-state index in [4.69, 9.17) is 0 Å². The minimum atomic E-state index is 0.0428. The molecule has 1 amide bonds. The molecule has 0 bridgehead atoms. The van der Waals surface area contributed by atoms with Crippen LogP contribution in [0.3, 0.4) is 0 Å². The Labute approximate surface area is 110 Å². The highest BCUT2D eigenvalue weighted by molar-refractivity contribution is 9.10. The van der Waals surface area contributed by atoms with Crippen molar-refractivity contribution in [2.45, 2.75) is 20.3 Å². The van der Waals surface area contributed by atoms with E-state index in [0.29, 0.717) is 12.5 Å². The lowest BCUT2D eigenvalue weighted by molar-refractivity contribution is -0.119. The van der Waals surface area contributed by atoms with Crippen LogP contribution >= 0.6 is 15.9 Å². The second-order valence-corrected chi connectivity index (χ2v) is 5.80. The van der Waals surface area contributed by atoms with Gasteiger partial charge in [0.15, 0.2) is 0 Å². The van der Waals surface area contributed by atoms with E-state index in [-0.39, 0.29) is 11.8 Å². The average Bonchev–Trinajstić information content (AvgIpc) is 2.38. The van der Waals surface area contributed by atoms with Crippen LogP contribution in [0, 0.1) is 11.8 Å². The number of fused-ring (bicyclic) bond motifs is 1. The van der Waals surface area contributed by atoms with Gasteiger partial charge in [0.25, 0.3) is 0 Å². The predicted octanol–water partition coefficient (Wildman–Crippen LogP) is 3.48. The SMILES string of the molecule is CC(C)CC1CNc2ccc(Br)cc2NC1=O. The molecular weight excluding hydrogens is 280 g/mol. The van der Waals surface area contributed by atoms with Crippen LogP contribution in [-0.4, -0.2) is 12.5 Å². The lowest BCUT2D eigenvalue weighted by atomic mass is 9.96. The van der Waals surface area contributed by atoms with Gasteiger partial charge in [0.05, 0.1) is 17.3 Å². The molecule has 1 aromatic carbocycles. The van der Waals surface area contributed by atoms with Gasteiger partial charge in [0, 0.05) is 11.0 Å². The number of carbonyl (C=O) groups excluding carboxylic acids is 1. The fourth-order valence-electron chi connectivity index (χ4n) is 2.09. The van der Waals surface area contributed by atoms with E-state index in [1.54, 1.807) is 0 Å². The molecule has 0 saturated heterocycles. The van der Waals surface area contributed by atoms with E-state index in [9.17, 15) is 4.79 Å². The minimum Gasteiger partial charge on any atom is -0.383 e. The summed E-state index contributed by atoms with van der Waals surface area (Å²) in [6, 6.07) is 5.89. The van der Waals surface area contributed by atoms with Gasteiger partial charge in [-0.1, -0.05) is 29.8 Å². The first-order valence-corrected chi connectivity index (χ1v) is 6.70. The molecule has 0 saturated carbocycles. The van der Waals surface area contributed by atoms with Crippen molar-refractivity contribution in [2.24, 2.45) is 11.8 Å². The third-order valence-electron chi connectivity index (χ3n) is 2.91. The van der Waals surface area contributed by atoms with E-state index < -0.39 is 0 Å². The number of amides is 1. The quantitative estimate of drug-likeness (QED) is 0.877. The zero-order valence-electron chi connectivity index (χ0n) is 10.1. The van der Waals surface area contributed by atoms with E-state index in [0.717, 1.165) is 22.3 Å². The third-order valence-corrected chi connectivity index (χ3v) is 3.40. The van der Waals surface area contributed by atoms with Crippen LogP contribution in [0.1, 0.15) is 20.3 Å². The van der Waals surface area contributed by atoms with Gasteiger partial charge in [-0.25, -0.2) is 0 Å². The maximum Gasteiger partial charge on any atom is 0.229 e. The van der Waals surface area contributed by atoms with Gasteiger partial charge >= 0.3 is 0 Å². The molecule has 0 aliphatic carbocycles. The molecule has 0 radical (unpaired) electrons. The van der Waals surface area contributed by atoms with Crippen LogP contribution in [0.15, 0.2) is 22.7 Å². The van der Waals surface area contributed by atoms with Crippen LogP contribution < -0.4 is 10.6 Å². The number of halogens is 1. The Morgan fingerprint density at radius 1 is 1.41 bits per heavy atom. The fraction of sp³-hybridized carbons (Fsp3) is 0.462. The van der Waals surface area contributed by atoms with E-state index >= 15 is 0 Å². The Hall–Kier alpha value is -1.03. The topological polar surface area (TPSA) is 41.1 Å². The highest BCUT2D eigenvalue weighted by Gasteiger charge is 2.23. The zero-order valence-corrected chi connectivity index (χ0v) is 11.7. The zero-order chi connectivity index (χ0) is 12.4. The second kappa shape index (κ2) is 5.08. The highest BCUT2D eigenvalue weighted by Crippen LogP contribution is 2.29. The average molecular weight is 297 g/mol. The summed E-state index contributed by atoms with van der Waals surface area (Å²) in [5.74, 6) is 0.685. The van der Waals surface area contributed by atoms with Crippen molar-refractivity contribution >= 4 is 33.2 Å². The molecular formula is C13H17BrN2O. The molecule has 1 heterocycles. The summed E-state index contributed by atoms with van der Waals surface area (Å²) >= 11 is 3.41. The Balaban J connectivity index is 2.19. The van der Waals surface area contributed by atoms with Crippen LogP contribution in [0.25, 0.3) is 0 Å². The normalized spacial score (nSPS) is 19.3. The molecule has 1 aliphatic heterocycles. The second-order valence-electron chi connectivity index (χ2n) is 4.89. The van der Waals surface area contributed by atoms with Crippen molar-refractivity contribution in [3.8, 4) is 0 Å². The molecule has 0 spiro atoms. The third kappa shape index (κ3) is 3.00. The number of hydrogen-bond acceptors (Lipinski definition) is 2. The summed E-state index contributed by atoms with van der Waals surface area (Å²) < 4.78 is 0.973. The molecule has 1 aliphatic rings. The predicted molar refractivity (Wildman–Crippen MR) is 74.2 cm³/mol. The van der Waals surface area contributed by atoms with Gasteiger partial charge in [0.1, 0.15) is 0 Å². The Bertz CT molecular complexity index is 431. The number of hydrogen-bond donors (Lipinski definition) is 2. The number of anilines is 2. The summed E-state index contributed by atoms with van der Waals surface area (Å²) in [4.78, 5) is 12.1. The van der Waals surface area contributed by atoms with Crippen molar-refractivity contribution in [1.82, 2.24) is 0 Å². The maximum absolute atomic E-state index is 12.1. The minimum absolute atomic E-state index is 0.0428. The number of rotatable bonds is 2. The van der Waals surface area contributed by atoms with E-state index in [1.165, 1.54) is 0 Å². The Morgan fingerprint density at radius 3 is 2.88 bits per heavy atom. The van der Waals surface area contributed by atoms with Gasteiger partial charge in [-0.3, -0.25) is 4.79 Å². The molecule has 17 heavy (non-hydrogen) atoms. The summed E-state index contributed by atoms with van der Waals surface area (Å²) in [5.41, 5.74) is 1.85. The Morgan fingerprint density at radius 2 is 2.18 bits per heavy atom. The van der Waals surface area contributed by atoms with Gasteiger partial charge in [-0.05, 0) is 30.5 Å². The molecule has 4 heteroatoms. The summed E-state index contributed by atoms with van der Waals surface area (Å²) in [6.45, 7) is 4.99. The standard InChI is InChI=1S/C13H17BrN2O/c1-8(2)5-9-7-15-11-4-3-10(14)6-12(11)16-13(9)17/h3-4,6,8-9,15H,5,7H2,1-2H3,(H,16,17). The first-order valence-electron chi connectivity index (χ1n) is 5.90. The van der Waals surface area contributed by atoms with Crippen molar-refractivity contribution in [3.63, 3.8) is 0 Å². The summed E-state index contributed by atoms with van der Waals surface area (Å²) in [6.07, 6.45) is 0.911. The number of benzene rings is 1. The van der Waals surface area contributed by atoms with Crippen LogP contribution in [0.4, 0.5) is 11.4 Å². The largest absolute Gasteiger partial charge is 0.383 e. The fourth-order valence-corrected chi connectivity index (χ4v) is 2.46. The van der Waals surface area contributed by atoms with Crippen molar-refractivity contribution in [1.29, 1.82) is 0 Å². The van der Waals surface area contributed by atoms with Crippen LogP contribution in [0.2, 0.25) is 0 Å². The monoisotopic (exact) mass is 296 g/mol. The first-order chi connectivity index (χ1) is 8.06. The van der Waals surface area contributed by atoms with Crippen molar-refractivity contribution in [3.05, 3.63) is 22.7 Å². The van der Waals surface area contributed by atoms with Crippen LogP contribution in [-0.2, 0) is 4.79 Å². The maximum atomic E-state index is 12.1. The lowest BCUT2D eigenvalue weighted by Crippen LogP contribution is -2.27. The summed E-state index contributed by atoms with van der Waals surface area (Å²) in [5, 5.41) is 6.32. The van der Waals surface area contributed by atoms with E-state index in [2.05, 4.69) is 40.4 Å².